The Morgan fingerprint density at radius 1 is 1.12 bits per heavy atom. The van der Waals surface area contributed by atoms with E-state index in [-0.39, 0.29) is 22.9 Å². The minimum atomic E-state index is -1.02. The van der Waals surface area contributed by atoms with Crippen molar-refractivity contribution < 1.29 is 23.8 Å². The van der Waals surface area contributed by atoms with E-state index in [2.05, 4.69) is 15.3 Å². The zero-order valence-electron chi connectivity index (χ0n) is 24.7. The molecule has 43 heavy (non-hydrogen) atoms. The number of anilines is 2. The molecule has 1 spiro atoms. The van der Waals surface area contributed by atoms with Crippen LogP contribution in [0.3, 0.4) is 0 Å². The lowest BCUT2D eigenvalue weighted by atomic mass is 9.90. The summed E-state index contributed by atoms with van der Waals surface area (Å²) in [6.07, 6.45) is 1.41. The first-order chi connectivity index (χ1) is 20.5. The monoisotopic (exact) mass is 585 g/mol. The SMILES string of the molecule is Cc1cc([C@@H](C)Nc2ccccc2C(=O)O)c2oc(N3CCC4(CC3)Cn3nc(C(=O)N(C)C)cc3CO4)cc(=O)c2c1. The summed E-state index contributed by atoms with van der Waals surface area (Å²) in [6, 6.07) is 13.5. The van der Waals surface area contributed by atoms with E-state index in [1.807, 2.05) is 30.7 Å². The van der Waals surface area contributed by atoms with Crippen molar-refractivity contribution >= 4 is 34.4 Å². The molecule has 0 radical (unpaired) electrons. The van der Waals surface area contributed by atoms with Crippen molar-refractivity contribution in [1.82, 2.24) is 14.7 Å². The third-order valence-corrected chi connectivity index (χ3v) is 8.42. The van der Waals surface area contributed by atoms with Gasteiger partial charge in [0.15, 0.2) is 17.0 Å². The van der Waals surface area contributed by atoms with Crippen LogP contribution in [0.15, 0.2) is 57.7 Å². The van der Waals surface area contributed by atoms with Gasteiger partial charge in [0.2, 0.25) is 0 Å². The van der Waals surface area contributed by atoms with E-state index in [9.17, 15) is 19.5 Å². The molecule has 6 rings (SSSR count). The Morgan fingerprint density at radius 3 is 2.58 bits per heavy atom. The summed E-state index contributed by atoms with van der Waals surface area (Å²) in [6.45, 7) is 6.03. The molecule has 4 heterocycles. The van der Waals surface area contributed by atoms with Gasteiger partial charge in [-0.2, -0.15) is 5.10 Å². The van der Waals surface area contributed by atoms with Crippen LogP contribution in [0, 0.1) is 6.92 Å². The van der Waals surface area contributed by atoms with Crippen LogP contribution in [-0.4, -0.2) is 64.4 Å². The molecule has 4 aromatic rings. The van der Waals surface area contributed by atoms with Crippen molar-refractivity contribution in [2.24, 2.45) is 0 Å². The Labute approximate surface area is 248 Å². The average molecular weight is 586 g/mol. The zero-order chi connectivity index (χ0) is 30.5. The van der Waals surface area contributed by atoms with Gasteiger partial charge in [-0.3, -0.25) is 14.3 Å². The quantitative estimate of drug-likeness (QED) is 0.337. The second-order valence-corrected chi connectivity index (χ2v) is 11.7. The first-order valence-electron chi connectivity index (χ1n) is 14.4. The lowest BCUT2D eigenvalue weighted by Gasteiger charge is -2.43. The van der Waals surface area contributed by atoms with E-state index in [4.69, 9.17) is 9.15 Å². The number of carbonyl (C=O) groups is 2. The number of aromatic carboxylic acids is 1. The Kier molecular flexibility index (Phi) is 7.21. The topological polar surface area (TPSA) is 130 Å². The highest BCUT2D eigenvalue weighted by molar-refractivity contribution is 5.94. The Morgan fingerprint density at radius 2 is 1.86 bits per heavy atom. The van der Waals surface area contributed by atoms with Crippen LogP contribution in [0.5, 0.6) is 0 Å². The third-order valence-electron chi connectivity index (χ3n) is 8.42. The number of hydrogen-bond acceptors (Lipinski definition) is 8. The number of aryl methyl sites for hydroxylation is 1. The second kappa shape index (κ2) is 10.9. The van der Waals surface area contributed by atoms with Crippen LogP contribution < -0.4 is 15.6 Å². The van der Waals surface area contributed by atoms with Gasteiger partial charge >= 0.3 is 5.97 Å². The number of aromatic nitrogens is 2. The number of fused-ring (bicyclic) bond motifs is 2. The third kappa shape index (κ3) is 5.36. The van der Waals surface area contributed by atoms with Crippen LogP contribution in [0.25, 0.3) is 11.0 Å². The summed E-state index contributed by atoms with van der Waals surface area (Å²) in [5.74, 6) is -0.665. The highest BCUT2D eigenvalue weighted by Gasteiger charge is 2.40. The van der Waals surface area contributed by atoms with Gasteiger partial charge in [-0.05, 0) is 56.5 Å². The predicted molar refractivity (Wildman–Crippen MR) is 162 cm³/mol. The van der Waals surface area contributed by atoms with Gasteiger partial charge in [0, 0.05) is 44.5 Å². The van der Waals surface area contributed by atoms with Gasteiger partial charge in [-0.15, -0.1) is 0 Å². The van der Waals surface area contributed by atoms with Crippen LogP contribution in [0.1, 0.15) is 63.5 Å². The lowest BCUT2D eigenvalue weighted by molar-refractivity contribution is -0.106. The standard InChI is InChI=1S/C32H35N5O6/c1-19-13-23(20(2)33-25-8-6-5-7-22(25)31(40)41)29-24(14-19)27(38)16-28(43-29)36-11-9-32(10-12-36)18-37-21(17-42-32)15-26(34-37)30(39)35(3)4/h5-8,13-16,20,33H,9-12,17-18H2,1-4H3,(H,40,41)/t20-/m1/s1. The number of piperidine rings is 1. The fourth-order valence-corrected chi connectivity index (χ4v) is 6.03. The molecule has 2 aliphatic heterocycles. The number of amides is 1. The van der Waals surface area contributed by atoms with Gasteiger partial charge in [-0.25, -0.2) is 4.79 Å². The maximum absolute atomic E-state index is 13.4. The van der Waals surface area contributed by atoms with Crippen LogP contribution in [0.2, 0.25) is 0 Å². The molecule has 11 nitrogen and oxygen atoms in total. The second-order valence-electron chi connectivity index (χ2n) is 11.7. The molecule has 1 amide bonds. The average Bonchev–Trinajstić information content (AvgIpc) is 3.40. The van der Waals surface area contributed by atoms with Crippen molar-refractivity contribution in [2.75, 3.05) is 37.4 Å². The normalized spacial score (nSPS) is 16.6. The molecule has 0 bridgehead atoms. The van der Waals surface area contributed by atoms with Gasteiger partial charge in [0.25, 0.3) is 5.91 Å². The number of hydrogen-bond donors (Lipinski definition) is 2. The molecule has 1 atom stereocenters. The Hall–Kier alpha value is -4.64. The number of carboxylic acids is 1. The van der Waals surface area contributed by atoms with E-state index < -0.39 is 11.6 Å². The summed E-state index contributed by atoms with van der Waals surface area (Å²) in [4.78, 5) is 41.1. The Bertz CT molecular complexity index is 1780. The minimum absolute atomic E-state index is 0.132. The maximum atomic E-state index is 13.4. The molecule has 0 saturated carbocycles. The zero-order valence-corrected chi connectivity index (χ0v) is 24.7. The first-order valence-corrected chi connectivity index (χ1v) is 14.4. The summed E-state index contributed by atoms with van der Waals surface area (Å²) < 4.78 is 14.7. The van der Waals surface area contributed by atoms with Gasteiger partial charge in [0.05, 0.1) is 41.4 Å². The number of carboxylic acid groups (broad SMARTS) is 1. The number of ether oxygens (including phenoxy) is 1. The van der Waals surface area contributed by atoms with Gasteiger partial charge < -0.3 is 29.4 Å². The van der Waals surface area contributed by atoms with Crippen LogP contribution >= 0.6 is 0 Å². The predicted octanol–water partition coefficient (Wildman–Crippen LogP) is 4.44. The summed E-state index contributed by atoms with van der Waals surface area (Å²) in [7, 11) is 3.42. The largest absolute Gasteiger partial charge is 0.478 e. The first kappa shape index (κ1) is 28.5. The summed E-state index contributed by atoms with van der Waals surface area (Å²) in [5.41, 5.74) is 3.57. The molecule has 224 valence electrons. The number of carbonyl (C=O) groups excluding carboxylic acids is 1. The van der Waals surface area contributed by atoms with Gasteiger partial charge in [0.1, 0.15) is 5.58 Å². The van der Waals surface area contributed by atoms with E-state index in [0.717, 1.165) is 16.8 Å². The molecule has 0 aliphatic carbocycles. The van der Waals surface area contributed by atoms with E-state index >= 15 is 0 Å². The molecule has 2 aromatic heterocycles. The van der Waals surface area contributed by atoms with Crippen molar-refractivity contribution in [3.8, 4) is 0 Å². The molecule has 2 aliphatic rings. The minimum Gasteiger partial charge on any atom is -0.478 e. The number of rotatable bonds is 6. The molecule has 0 unspecified atom stereocenters. The highest BCUT2D eigenvalue weighted by atomic mass is 16.5. The van der Waals surface area contributed by atoms with E-state index in [1.165, 1.54) is 4.90 Å². The molecule has 1 fully saturated rings. The summed E-state index contributed by atoms with van der Waals surface area (Å²) in [5, 5.41) is 18.0. The number of nitrogens with one attached hydrogen (secondary N) is 1. The highest BCUT2D eigenvalue weighted by Crippen LogP contribution is 2.36. The Balaban J connectivity index is 1.24. The summed E-state index contributed by atoms with van der Waals surface area (Å²) >= 11 is 0. The van der Waals surface area contributed by atoms with Crippen LogP contribution in [-0.2, 0) is 17.9 Å². The van der Waals surface area contributed by atoms with Crippen LogP contribution in [0.4, 0.5) is 11.6 Å². The van der Waals surface area contributed by atoms with E-state index in [1.54, 1.807) is 50.5 Å². The van der Waals surface area contributed by atoms with Crippen molar-refractivity contribution in [2.45, 2.75) is 51.5 Å². The molecular formula is C32H35N5O6. The smallest absolute Gasteiger partial charge is 0.337 e. The maximum Gasteiger partial charge on any atom is 0.337 e. The lowest BCUT2D eigenvalue weighted by Crippen LogP contribution is -2.51. The van der Waals surface area contributed by atoms with Crippen molar-refractivity contribution in [3.05, 3.63) is 86.8 Å². The molecular weight excluding hydrogens is 550 g/mol. The molecule has 2 N–H and O–H groups in total. The molecule has 1 saturated heterocycles. The number of nitrogens with zero attached hydrogens (tertiary/aromatic N) is 4. The van der Waals surface area contributed by atoms with Gasteiger partial charge in [-0.1, -0.05) is 18.2 Å². The molecule has 2 aromatic carbocycles. The fraction of sp³-hybridized carbons (Fsp3) is 0.375. The number of benzene rings is 2. The fourth-order valence-electron chi connectivity index (χ4n) is 6.03. The van der Waals surface area contributed by atoms with Crippen molar-refractivity contribution in [3.63, 3.8) is 0 Å². The van der Waals surface area contributed by atoms with E-state index in [0.29, 0.717) is 67.3 Å². The number of para-hydroxylation sites is 1. The van der Waals surface area contributed by atoms with Crippen molar-refractivity contribution in [1.29, 1.82) is 0 Å². The molecule has 11 heteroatoms.